The zero-order valence-electron chi connectivity index (χ0n) is 9.93. The van der Waals surface area contributed by atoms with E-state index >= 15 is 0 Å². The highest BCUT2D eigenvalue weighted by Crippen LogP contribution is 2.33. The number of rotatable bonds is 3. The number of nitrogens with zero attached hydrogens (tertiary/aromatic N) is 2. The van der Waals surface area contributed by atoms with E-state index in [1.807, 2.05) is 0 Å². The van der Waals surface area contributed by atoms with Crippen molar-refractivity contribution in [2.45, 2.75) is 6.92 Å². The molecule has 0 aliphatic heterocycles. The van der Waals surface area contributed by atoms with Crippen molar-refractivity contribution in [2.75, 3.05) is 12.8 Å². The summed E-state index contributed by atoms with van der Waals surface area (Å²) >= 11 is 0. The minimum absolute atomic E-state index is 0.0948. The largest absolute Gasteiger partial charge is 0.490 e. The van der Waals surface area contributed by atoms with Crippen LogP contribution in [0.25, 0.3) is 11.3 Å². The van der Waals surface area contributed by atoms with Gasteiger partial charge in [-0.1, -0.05) is 0 Å². The number of hydrogen-bond acceptors (Lipinski definition) is 5. The summed E-state index contributed by atoms with van der Waals surface area (Å²) in [6.45, 7) is 1.80. The van der Waals surface area contributed by atoms with Crippen LogP contribution in [0, 0.1) is 17.0 Å². The number of nitrogens with two attached hydrogens (primary N) is 1. The quantitative estimate of drug-likeness (QED) is 0.637. The number of nitrogen functional groups attached to an aromatic ring is 1. The molecular formula is C11H12N4O3. The lowest BCUT2D eigenvalue weighted by atomic mass is 10.1. The van der Waals surface area contributed by atoms with Crippen molar-refractivity contribution in [3.63, 3.8) is 0 Å². The smallest absolute Gasteiger partial charge is 0.311 e. The molecule has 18 heavy (non-hydrogen) atoms. The van der Waals surface area contributed by atoms with Gasteiger partial charge in [0.2, 0.25) is 0 Å². The lowest BCUT2D eigenvalue weighted by Gasteiger charge is -2.04. The Morgan fingerprint density at radius 2 is 2.22 bits per heavy atom. The SMILES string of the molecule is COc1ccc(-c2[nH]nc(N)c2C)cc1[N+](=O)[O-]. The van der Waals surface area contributed by atoms with Crippen molar-refractivity contribution in [1.82, 2.24) is 10.2 Å². The highest BCUT2D eigenvalue weighted by molar-refractivity contribution is 5.71. The maximum absolute atomic E-state index is 10.9. The highest BCUT2D eigenvalue weighted by atomic mass is 16.6. The normalized spacial score (nSPS) is 10.3. The molecule has 0 saturated carbocycles. The molecule has 0 saturated heterocycles. The number of H-pyrrole nitrogens is 1. The van der Waals surface area contributed by atoms with Crippen molar-refractivity contribution in [3.8, 4) is 17.0 Å². The third-order valence-electron chi connectivity index (χ3n) is 2.71. The molecule has 0 atom stereocenters. The Morgan fingerprint density at radius 1 is 1.50 bits per heavy atom. The van der Waals surface area contributed by atoms with Gasteiger partial charge in [0.05, 0.1) is 17.7 Å². The molecule has 7 heteroatoms. The van der Waals surface area contributed by atoms with Gasteiger partial charge in [0.25, 0.3) is 0 Å². The van der Waals surface area contributed by atoms with Crippen LogP contribution in [0.15, 0.2) is 18.2 Å². The van der Waals surface area contributed by atoms with Gasteiger partial charge in [-0.05, 0) is 19.1 Å². The summed E-state index contributed by atoms with van der Waals surface area (Å²) in [7, 11) is 1.39. The lowest BCUT2D eigenvalue weighted by molar-refractivity contribution is -0.385. The fourth-order valence-corrected chi connectivity index (χ4v) is 1.68. The van der Waals surface area contributed by atoms with Gasteiger partial charge in [-0.3, -0.25) is 15.2 Å². The zero-order valence-corrected chi connectivity index (χ0v) is 9.93. The second kappa shape index (κ2) is 4.36. The minimum Gasteiger partial charge on any atom is -0.490 e. The number of aromatic amines is 1. The zero-order chi connectivity index (χ0) is 13.3. The molecule has 2 aromatic rings. The van der Waals surface area contributed by atoms with Gasteiger partial charge < -0.3 is 10.5 Å². The van der Waals surface area contributed by atoms with Gasteiger partial charge in [-0.25, -0.2) is 0 Å². The van der Waals surface area contributed by atoms with Crippen LogP contribution < -0.4 is 10.5 Å². The van der Waals surface area contributed by atoms with Crippen LogP contribution >= 0.6 is 0 Å². The first-order valence-corrected chi connectivity index (χ1v) is 5.18. The predicted molar refractivity (Wildman–Crippen MR) is 66.4 cm³/mol. The molecular weight excluding hydrogens is 236 g/mol. The molecule has 0 aliphatic carbocycles. The molecule has 0 bridgehead atoms. The summed E-state index contributed by atoms with van der Waals surface area (Å²) in [6.07, 6.45) is 0. The topological polar surface area (TPSA) is 107 Å². The van der Waals surface area contributed by atoms with Crippen LogP contribution in [-0.4, -0.2) is 22.2 Å². The van der Waals surface area contributed by atoms with Crippen LogP contribution in [0.2, 0.25) is 0 Å². The number of methoxy groups -OCH3 is 1. The summed E-state index contributed by atoms with van der Waals surface area (Å²) in [5.74, 6) is 0.595. The number of nitro benzene ring substituents is 1. The fraction of sp³-hybridized carbons (Fsp3) is 0.182. The molecule has 0 aliphatic rings. The average molecular weight is 248 g/mol. The third kappa shape index (κ3) is 1.86. The maximum atomic E-state index is 10.9. The van der Waals surface area contributed by atoms with Gasteiger partial charge in [0.15, 0.2) is 5.75 Å². The third-order valence-corrected chi connectivity index (χ3v) is 2.71. The first kappa shape index (κ1) is 11.9. The summed E-state index contributed by atoms with van der Waals surface area (Å²) in [6, 6.07) is 4.69. The Balaban J connectivity index is 2.57. The second-order valence-corrected chi connectivity index (χ2v) is 3.75. The Kier molecular flexibility index (Phi) is 2.88. The summed E-state index contributed by atoms with van der Waals surface area (Å²) < 4.78 is 4.94. The number of aromatic nitrogens is 2. The van der Waals surface area contributed by atoms with E-state index < -0.39 is 4.92 Å². The van der Waals surface area contributed by atoms with Crippen molar-refractivity contribution in [3.05, 3.63) is 33.9 Å². The standard InChI is InChI=1S/C11H12N4O3/c1-6-10(13-14-11(6)12)7-3-4-9(18-2)8(5-7)15(16)17/h3-5H,1-2H3,(H3,12,13,14). The van der Waals surface area contributed by atoms with Crippen LogP contribution in [0.4, 0.5) is 11.5 Å². The minimum atomic E-state index is -0.489. The van der Waals surface area contributed by atoms with Crippen LogP contribution in [0.1, 0.15) is 5.56 Å². The number of hydrogen-bond donors (Lipinski definition) is 2. The van der Waals surface area contributed by atoms with E-state index in [0.717, 1.165) is 5.56 Å². The summed E-state index contributed by atoms with van der Waals surface area (Å²) in [5.41, 5.74) is 7.60. The highest BCUT2D eigenvalue weighted by Gasteiger charge is 2.17. The monoisotopic (exact) mass is 248 g/mol. The van der Waals surface area contributed by atoms with E-state index in [-0.39, 0.29) is 11.4 Å². The van der Waals surface area contributed by atoms with Crippen LogP contribution in [0.5, 0.6) is 5.75 Å². The van der Waals surface area contributed by atoms with E-state index in [0.29, 0.717) is 17.1 Å². The van der Waals surface area contributed by atoms with E-state index in [9.17, 15) is 10.1 Å². The fourth-order valence-electron chi connectivity index (χ4n) is 1.68. The predicted octanol–water partition coefficient (Wildman–Crippen LogP) is 1.88. The van der Waals surface area contributed by atoms with Gasteiger partial charge in [-0.2, -0.15) is 5.10 Å². The number of benzene rings is 1. The molecule has 0 fully saturated rings. The second-order valence-electron chi connectivity index (χ2n) is 3.75. The molecule has 7 nitrogen and oxygen atoms in total. The summed E-state index contributed by atoms with van der Waals surface area (Å²) in [5, 5.41) is 17.5. The van der Waals surface area contributed by atoms with E-state index in [1.54, 1.807) is 19.1 Å². The number of anilines is 1. The van der Waals surface area contributed by atoms with Gasteiger partial charge >= 0.3 is 5.69 Å². The Bertz CT molecular complexity index is 606. The Morgan fingerprint density at radius 3 is 2.72 bits per heavy atom. The van der Waals surface area contributed by atoms with Crippen molar-refractivity contribution < 1.29 is 9.66 Å². The Hall–Kier alpha value is -2.57. The van der Waals surface area contributed by atoms with Crippen LogP contribution in [-0.2, 0) is 0 Å². The van der Waals surface area contributed by atoms with Crippen molar-refractivity contribution in [2.24, 2.45) is 0 Å². The van der Waals surface area contributed by atoms with E-state index in [4.69, 9.17) is 10.5 Å². The summed E-state index contributed by atoms with van der Waals surface area (Å²) in [4.78, 5) is 10.4. The van der Waals surface area contributed by atoms with Crippen LogP contribution in [0.3, 0.4) is 0 Å². The molecule has 3 N–H and O–H groups in total. The maximum Gasteiger partial charge on any atom is 0.311 e. The first-order valence-electron chi connectivity index (χ1n) is 5.18. The molecule has 94 valence electrons. The molecule has 1 aromatic heterocycles. The van der Waals surface area contributed by atoms with Gasteiger partial charge in [-0.15, -0.1) is 0 Å². The molecule has 1 heterocycles. The molecule has 0 unspecified atom stereocenters. The van der Waals surface area contributed by atoms with Crippen molar-refractivity contribution >= 4 is 11.5 Å². The Labute approximate surface area is 103 Å². The first-order chi connectivity index (χ1) is 8.54. The van der Waals surface area contributed by atoms with E-state index in [2.05, 4.69) is 10.2 Å². The van der Waals surface area contributed by atoms with Gasteiger partial charge in [0, 0.05) is 17.2 Å². The molecule has 1 aromatic carbocycles. The molecule has 0 spiro atoms. The average Bonchev–Trinajstić information content (AvgIpc) is 2.69. The molecule has 0 radical (unpaired) electrons. The van der Waals surface area contributed by atoms with Crippen molar-refractivity contribution in [1.29, 1.82) is 0 Å². The van der Waals surface area contributed by atoms with Gasteiger partial charge in [0.1, 0.15) is 5.82 Å². The molecule has 2 rings (SSSR count). The van der Waals surface area contributed by atoms with E-state index in [1.165, 1.54) is 13.2 Å². The number of nitrogens with one attached hydrogen (secondary N) is 1. The number of nitro groups is 1. The molecule has 0 amide bonds. The lowest BCUT2D eigenvalue weighted by Crippen LogP contribution is -1.94. The number of ether oxygens (including phenoxy) is 1.